The molecule has 1 saturated heterocycles. The van der Waals surface area contributed by atoms with Crippen molar-refractivity contribution in [3.05, 3.63) is 35.8 Å². The number of halogens is 1. The summed E-state index contributed by atoms with van der Waals surface area (Å²) < 4.78 is 19.0. The summed E-state index contributed by atoms with van der Waals surface area (Å²) in [5, 5.41) is 6.99. The first kappa shape index (κ1) is 16.4. The Morgan fingerprint density at radius 1 is 1.32 bits per heavy atom. The summed E-state index contributed by atoms with van der Waals surface area (Å²) >= 11 is 0. The molecule has 1 aliphatic heterocycles. The maximum atomic E-state index is 13.2. The van der Waals surface area contributed by atoms with Crippen molar-refractivity contribution in [1.29, 1.82) is 0 Å². The van der Waals surface area contributed by atoms with E-state index in [4.69, 9.17) is 4.74 Å². The Morgan fingerprint density at radius 3 is 3.04 bits per heavy atom. The third kappa shape index (κ3) is 3.95. The Labute approximate surface area is 146 Å². The topological polar surface area (TPSA) is 66.2 Å². The number of fused-ring (bicyclic) bond motifs is 1. The van der Waals surface area contributed by atoms with E-state index in [1.807, 2.05) is 6.20 Å². The Kier molecular flexibility index (Phi) is 4.61. The van der Waals surface area contributed by atoms with Crippen molar-refractivity contribution in [2.45, 2.75) is 44.2 Å². The lowest BCUT2D eigenvalue weighted by atomic mass is 10.0. The monoisotopic (exact) mass is 345 g/mol. The lowest BCUT2D eigenvalue weighted by Crippen LogP contribution is -2.47. The first-order valence-corrected chi connectivity index (χ1v) is 9.10. The number of hydrogen-bond acceptors (Lipinski definition) is 2. The third-order valence-electron chi connectivity index (χ3n) is 5.21. The van der Waals surface area contributed by atoms with Crippen LogP contribution in [0.5, 0.6) is 0 Å². The molecule has 25 heavy (non-hydrogen) atoms. The molecular weight excluding hydrogens is 321 g/mol. The number of ether oxygens (including phenoxy) is 1. The zero-order valence-corrected chi connectivity index (χ0v) is 14.2. The van der Waals surface area contributed by atoms with Crippen molar-refractivity contribution < 1.29 is 13.9 Å². The fourth-order valence-corrected chi connectivity index (χ4v) is 3.67. The molecule has 5 nitrogen and oxygen atoms in total. The molecule has 0 radical (unpaired) electrons. The second-order valence-corrected chi connectivity index (χ2v) is 7.12. The molecule has 3 N–H and O–H groups in total. The van der Waals surface area contributed by atoms with E-state index in [-0.39, 0.29) is 17.9 Å². The van der Waals surface area contributed by atoms with Gasteiger partial charge in [0.15, 0.2) is 0 Å². The van der Waals surface area contributed by atoms with Gasteiger partial charge in [-0.1, -0.05) is 0 Å². The van der Waals surface area contributed by atoms with Crippen LogP contribution in [0.1, 0.15) is 31.2 Å². The van der Waals surface area contributed by atoms with Gasteiger partial charge in [-0.3, -0.25) is 0 Å². The number of amides is 2. The highest BCUT2D eigenvalue weighted by molar-refractivity contribution is 5.83. The Hall–Kier alpha value is -2.08. The fraction of sp³-hybridized carbons (Fsp3) is 0.526. The second kappa shape index (κ2) is 7.04. The number of rotatable bonds is 5. The quantitative estimate of drug-likeness (QED) is 0.779. The van der Waals surface area contributed by atoms with Gasteiger partial charge >= 0.3 is 6.03 Å². The van der Waals surface area contributed by atoms with Gasteiger partial charge in [-0.15, -0.1) is 0 Å². The number of aromatic amines is 1. The maximum absolute atomic E-state index is 13.2. The average Bonchev–Trinajstić information content (AvgIpc) is 3.38. The molecule has 2 heterocycles. The smallest absolute Gasteiger partial charge is 0.315 e. The lowest BCUT2D eigenvalue weighted by molar-refractivity contribution is -0.00913. The molecule has 4 rings (SSSR count). The predicted molar refractivity (Wildman–Crippen MR) is 94.0 cm³/mol. The van der Waals surface area contributed by atoms with Gasteiger partial charge in [0.2, 0.25) is 0 Å². The second-order valence-electron chi connectivity index (χ2n) is 7.12. The van der Waals surface area contributed by atoms with Gasteiger partial charge < -0.3 is 20.4 Å². The number of hydrogen-bond donors (Lipinski definition) is 3. The summed E-state index contributed by atoms with van der Waals surface area (Å²) in [4.78, 5) is 15.2. The summed E-state index contributed by atoms with van der Waals surface area (Å²) in [6, 6.07) is 4.81. The summed E-state index contributed by atoms with van der Waals surface area (Å²) in [7, 11) is 0. The van der Waals surface area contributed by atoms with E-state index >= 15 is 0 Å². The van der Waals surface area contributed by atoms with Crippen LogP contribution >= 0.6 is 0 Å². The number of carbonyl (C=O) groups excluding carboxylic acids is 1. The molecular formula is C19H24FN3O2. The molecule has 0 unspecified atom stereocenters. The fourth-order valence-electron chi connectivity index (χ4n) is 3.67. The van der Waals surface area contributed by atoms with Crippen LogP contribution in [-0.2, 0) is 11.2 Å². The highest BCUT2D eigenvalue weighted by Gasteiger charge is 2.36. The summed E-state index contributed by atoms with van der Waals surface area (Å²) in [6.07, 6.45) is 7.23. The van der Waals surface area contributed by atoms with Crippen molar-refractivity contribution >= 4 is 16.9 Å². The van der Waals surface area contributed by atoms with Crippen molar-refractivity contribution in [3.63, 3.8) is 0 Å². The van der Waals surface area contributed by atoms with Gasteiger partial charge in [-0.2, -0.15) is 0 Å². The average molecular weight is 345 g/mol. The van der Waals surface area contributed by atoms with Gasteiger partial charge in [0.05, 0.1) is 6.10 Å². The molecule has 1 saturated carbocycles. The molecule has 2 atom stereocenters. The van der Waals surface area contributed by atoms with E-state index in [0.29, 0.717) is 25.0 Å². The molecule has 2 aromatic rings. The summed E-state index contributed by atoms with van der Waals surface area (Å²) in [5.41, 5.74) is 1.86. The predicted octanol–water partition coefficient (Wildman–Crippen LogP) is 3.11. The summed E-state index contributed by atoms with van der Waals surface area (Å²) in [5.74, 6) is 0.457. The number of carbonyl (C=O) groups is 1. The third-order valence-corrected chi connectivity index (χ3v) is 5.21. The molecule has 2 amide bonds. The summed E-state index contributed by atoms with van der Waals surface area (Å²) in [6.45, 7) is 1.28. The van der Waals surface area contributed by atoms with Crippen LogP contribution in [0.3, 0.4) is 0 Å². The highest BCUT2D eigenvalue weighted by Crippen LogP contribution is 2.38. The maximum Gasteiger partial charge on any atom is 0.315 e. The minimum absolute atomic E-state index is 0.118. The number of H-pyrrole nitrogens is 1. The Bertz CT molecular complexity index is 756. The molecule has 1 aliphatic carbocycles. The Balaban J connectivity index is 1.24. The van der Waals surface area contributed by atoms with Gasteiger partial charge in [0, 0.05) is 36.3 Å². The van der Waals surface area contributed by atoms with Crippen molar-refractivity contribution in [2.75, 3.05) is 13.2 Å². The molecule has 6 heteroatoms. The number of benzene rings is 1. The normalized spacial score (nSPS) is 23.6. The Morgan fingerprint density at radius 2 is 2.20 bits per heavy atom. The highest BCUT2D eigenvalue weighted by atomic mass is 19.1. The molecule has 0 bridgehead atoms. The molecule has 2 fully saturated rings. The van der Waals surface area contributed by atoms with Gasteiger partial charge in [-0.25, -0.2) is 9.18 Å². The number of nitrogens with one attached hydrogen (secondary N) is 3. The van der Waals surface area contributed by atoms with E-state index in [1.165, 1.54) is 25.0 Å². The van der Waals surface area contributed by atoms with Crippen LogP contribution in [0.4, 0.5) is 9.18 Å². The van der Waals surface area contributed by atoms with Crippen molar-refractivity contribution in [3.8, 4) is 0 Å². The molecule has 2 aliphatic rings. The zero-order chi connectivity index (χ0) is 17.2. The van der Waals surface area contributed by atoms with Crippen LogP contribution in [0.15, 0.2) is 24.4 Å². The van der Waals surface area contributed by atoms with Crippen LogP contribution in [0.25, 0.3) is 10.9 Å². The first-order chi connectivity index (χ1) is 12.2. The van der Waals surface area contributed by atoms with Crippen LogP contribution < -0.4 is 10.6 Å². The van der Waals surface area contributed by atoms with E-state index in [1.54, 1.807) is 6.07 Å². The lowest BCUT2D eigenvalue weighted by Gasteiger charge is -2.30. The van der Waals surface area contributed by atoms with Crippen LogP contribution in [-0.4, -0.2) is 36.3 Å². The minimum Gasteiger partial charge on any atom is -0.378 e. The first-order valence-electron chi connectivity index (χ1n) is 9.10. The van der Waals surface area contributed by atoms with E-state index < -0.39 is 0 Å². The minimum atomic E-state index is -0.251. The van der Waals surface area contributed by atoms with Crippen molar-refractivity contribution in [1.82, 2.24) is 15.6 Å². The number of urea groups is 1. The molecule has 1 aromatic heterocycles. The molecule has 134 valence electrons. The van der Waals surface area contributed by atoms with Gasteiger partial charge in [-0.05, 0) is 61.8 Å². The molecule has 1 aromatic carbocycles. The SMILES string of the molecule is O=C(NCCc1c[nH]c2cc(F)ccc12)N[C@@H]1CCO[C@@H](C2CC2)C1. The van der Waals surface area contributed by atoms with Gasteiger partial charge in [0.25, 0.3) is 0 Å². The standard InChI is InChI=1S/C19H24FN3O2/c20-14-3-4-16-13(11-22-17(16)9-14)5-7-21-19(24)23-15-6-8-25-18(10-15)12-1-2-12/h3-4,9,11-12,15,18,22H,1-2,5-8,10H2,(H2,21,23,24)/t15-,18-/m1/s1. The van der Waals surface area contributed by atoms with Crippen LogP contribution in [0, 0.1) is 11.7 Å². The van der Waals surface area contributed by atoms with E-state index in [0.717, 1.165) is 35.9 Å². The van der Waals surface area contributed by atoms with E-state index in [9.17, 15) is 9.18 Å². The largest absolute Gasteiger partial charge is 0.378 e. The number of aromatic nitrogens is 1. The van der Waals surface area contributed by atoms with Crippen LogP contribution in [0.2, 0.25) is 0 Å². The molecule has 0 spiro atoms. The van der Waals surface area contributed by atoms with Crippen molar-refractivity contribution in [2.24, 2.45) is 5.92 Å². The zero-order valence-electron chi connectivity index (χ0n) is 14.2. The van der Waals surface area contributed by atoms with E-state index in [2.05, 4.69) is 15.6 Å². The van der Waals surface area contributed by atoms with Gasteiger partial charge in [0.1, 0.15) is 5.82 Å².